The standard InChI is InChI=1S/C14H25NO6S/c1-14(2,3)21-13(17)15-9-10-5-7-22(18,19)8-6-11(10)12(16)20-4/h10-11H,5-9H2,1-4H3,(H,15,17)/t10-,11+/m0/s1. The molecule has 1 amide bonds. The minimum atomic E-state index is -3.15. The molecular weight excluding hydrogens is 310 g/mol. The lowest BCUT2D eigenvalue weighted by atomic mass is 9.88. The smallest absolute Gasteiger partial charge is 0.407 e. The van der Waals surface area contributed by atoms with Crippen molar-refractivity contribution in [1.82, 2.24) is 5.32 Å². The van der Waals surface area contributed by atoms with Crippen LogP contribution in [-0.4, -0.2) is 51.2 Å². The second-order valence-electron chi connectivity index (χ2n) is 6.50. The van der Waals surface area contributed by atoms with Crippen molar-refractivity contribution in [3.05, 3.63) is 0 Å². The van der Waals surface area contributed by atoms with Gasteiger partial charge >= 0.3 is 12.1 Å². The number of amides is 1. The Kier molecular flexibility index (Phi) is 6.22. The topological polar surface area (TPSA) is 98.8 Å². The van der Waals surface area contributed by atoms with E-state index < -0.39 is 33.4 Å². The summed E-state index contributed by atoms with van der Waals surface area (Å²) in [6.07, 6.45) is -0.0451. The maximum Gasteiger partial charge on any atom is 0.407 e. The zero-order chi connectivity index (χ0) is 17.0. The summed E-state index contributed by atoms with van der Waals surface area (Å²) in [7, 11) is -1.87. The summed E-state index contributed by atoms with van der Waals surface area (Å²) < 4.78 is 33.4. The van der Waals surface area contributed by atoms with Gasteiger partial charge in [0.15, 0.2) is 0 Å². The first-order chi connectivity index (χ1) is 10.0. The Hall–Kier alpha value is -1.31. The van der Waals surface area contributed by atoms with Crippen LogP contribution < -0.4 is 5.32 Å². The summed E-state index contributed by atoms with van der Waals surface area (Å²) in [5.41, 5.74) is -0.612. The number of hydrogen-bond donors (Lipinski definition) is 1. The first-order valence-electron chi connectivity index (χ1n) is 7.29. The van der Waals surface area contributed by atoms with Gasteiger partial charge in [-0.2, -0.15) is 0 Å². The number of carbonyl (C=O) groups is 2. The molecule has 0 aromatic rings. The molecule has 1 aliphatic rings. The second kappa shape index (κ2) is 7.30. The summed E-state index contributed by atoms with van der Waals surface area (Å²) in [6.45, 7) is 5.44. The summed E-state index contributed by atoms with van der Waals surface area (Å²) in [5, 5.41) is 2.61. The SMILES string of the molecule is COC(=O)[C@@H]1CCS(=O)(=O)CC[C@H]1CNC(=O)OC(C)(C)C. The summed E-state index contributed by atoms with van der Waals surface area (Å²) in [4.78, 5) is 23.5. The van der Waals surface area contributed by atoms with Crippen LogP contribution >= 0.6 is 0 Å². The molecule has 1 fully saturated rings. The van der Waals surface area contributed by atoms with Crippen LogP contribution in [0.2, 0.25) is 0 Å². The fraction of sp³-hybridized carbons (Fsp3) is 0.857. The summed E-state index contributed by atoms with van der Waals surface area (Å²) >= 11 is 0. The van der Waals surface area contributed by atoms with Crippen LogP contribution in [-0.2, 0) is 24.1 Å². The molecule has 1 N–H and O–H groups in total. The molecule has 1 saturated heterocycles. The maximum atomic E-state index is 11.9. The van der Waals surface area contributed by atoms with Crippen LogP contribution in [0.25, 0.3) is 0 Å². The second-order valence-corrected chi connectivity index (χ2v) is 8.81. The molecule has 0 bridgehead atoms. The van der Waals surface area contributed by atoms with Crippen LogP contribution in [0, 0.1) is 11.8 Å². The van der Waals surface area contributed by atoms with Crippen molar-refractivity contribution in [2.24, 2.45) is 11.8 Å². The average molecular weight is 335 g/mol. The van der Waals surface area contributed by atoms with Gasteiger partial charge in [0, 0.05) is 6.54 Å². The molecule has 22 heavy (non-hydrogen) atoms. The molecule has 7 nitrogen and oxygen atoms in total. The van der Waals surface area contributed by atoms with E-state index in [1.165, 1.54) is 7.11 Å². The van der Waals surface area contributed by atoms with E-state index in [0.29, 0.717) is 6.42 Å². The molecule has 0 saturated carbocycles. The van der Waals surface area contributed by atoms with Crippen LogP contribution in [0.1, 0.15) is 33.6 Å². The van der Waals surface area contributed by atoms with Gasteiger partial charge in [-0.25, -0.2) is 13.2 Å². The van der Waals surface area contributed by atoms with Crippen molar-refractivity contribution < 1.29 is 27.5 Å². The fourth-order valence-electron chi connectivity index (χ4n) is 2.41. The van der Waals surface area contributed by atoms with Crippen molar-refractivity contribution in [3.8, 4) is 0 Å². The molecule has 1 rings (SSSR count). The highest BCUT2D eigenvalue weighted by atomic mass is 32.2. The van der Waals surface area contributed by atoms with Gasteiger partial charge < -0.3 is 14.8 Å². The van der Waals surface area contributed by atoms with E-state index in [1.807, 2.05) is 0 Å². The average Bonchev–Trinajstić information content (AvgIpc) is 2.52. The summed E-state index contributed by atoms with van der Waals surface area (Å²) in [6, 6.07) is 0. The highest BCUT2D eigenvalue weighted by molar-refractivity contribution is 7.91. The van der Waals surface area contributed by atoms with Gasteiger partial charge in [-0.05, 0) is 39.5 Å². The number of hydrogen-bond acceptors (Lipinski definition) is 6. The van der Waals surface area contributed by atoms with Crippen LogP contribution in [0.15, 0.2) is 0 Å². The van der Waals surface area contributed by atoms with E-state index >= 15 is 0 Å². The number of methoxy groups -OCH3 is 1. The van der Waals surface area contributed by atoms with Crippen molar-refractivity contribution >= 4 is 21.9 Å². The predicted molar refractivity (Wildman–Crippen MR) is 81.1 cm³/mol. The Morgan fingerprint density at radius 3 is 2.32 bits per heavy atom. The van der Waals surface area contributed by atoms with E-state index in [0.717, 1.165) is 0 Å². The quantitative estimate of drug-likeness (QED) is 0.776. The number of ether oxygens (including phenoxy) is 2. The molecule has 128 valence electrons. The van der Waals surface area contributed by atoms with Crippen LogP contribution in [0.3, 0.4) is 0 Å². The third-order valence-electron chi connectivity index (χ3n) is 3.52. The number of rotatable bonds is 3. The third kappa shape index (κ3) is 6.21. The molecule has 0 unspecified atom stereocenters. The van der Waals surface area contributed by atoms with E-state index in [-0.39, 0.29) is 30.4 Å². The minimum absolute atomic E-state index is 0.0150. The Labute approximate surface area is 131 Å². The first kappa shape index (κ1) is 18.7. The Morgan fingerprint density at radius 1 is 1.18 bits per heavy atom. The number of alkyl carbamates (subject to hydrolysis) is 1. The first-order valence-corrected chi connectivity index (χ1v) is 9.11. The largest absolute Gasteiger partial charge is 0.469 e. The Bertz CT molecular complexity index is 508. The monoisotopic (exact) mass is 335 g/mol. The number of carbonyl (C=O) groups excluding carboxylic acids is 2. The number of sulfone groups is 1. The highest BCUT2D eigenvalue weighted by Crippen LogP contribution is 2.26. The van der Waals surface area contributed by atoms with Gasteiger partial charge in [0.2, 0.25) is 0 Å². The van der Waals surface area contributed by atoms with Gasteiger partial charge in [-0.3, -0.25) is 4.79 Å². The zero-order valence-electron chi connectivity index (χ0n) is 13.5. The molecule has 0 radical (unpaired) electrons. The van der Waals surface area contributed by atoms with Gasteiger partial charge in [0.25, 0.3) is 0 Å². The highest BCUT2D eigenvalue weighted by Gasteiger charge is 2.35. The Balaban J connectivity index is 2.70. The van der Waals surface area contributed by atoms with Gasteiger partial charge in [0.1, 0.15) is 15.4 Å². The number of esters is 1. The summed E-state index contributed by atoms with van der Waals surface area (Å²) in [5.74, 6) is -1.26. The van der Waals surface area contributed by atoms with Crippen LogP contribution in [0.5, 0.6) is 0 Å². The molecule has 1 aliphatic heterocycles. The molecule has 0 aromatic carbocycles. The lowest BCUT2D eigenvalue weighted by Gasteiger charge is -2.24. The maximum absolute atomic E-state index is 11.9. The molecule has 1 heterocycles. The lowest BCUT2D eigenvalue weighted by molar-refractivity contribution is -0.147. The van der Waals surface area contributed by atoms with Crippen molar-refractivity contribution in [3.63, 3.8) is 0 Å². The molecule has 0 spiro atoms. The van der Waals surface area contributed by atoms with E-state index in [9.17, 15) is 18.0 Å². The lowest BCUT2D eigenvalue weighted by Crippen LogP contribution is -2.38. The van der Waals surface area contributed by atoms with E-state index in [1.54, 1.807) is 20.8 Å². The van der Waals surface area contributed by atoms with Crippen molar-refractivity contribution in [2.45, 2.75) is 39.2 Å². The van der Waals surface area contributed by atoms with Gasteiger partial charge in [0.05, 0.1) is 24.5 Å². The number of nitrogens with one attached hydrogen (secondary N) is 1. The third-order valence-corrected chi connectivity index (χ3v) is 5.24. The van der Waals surface area contributed by atoms with Crippen molar-refractivity contribution in [2.75, 3.05) is 25.2 Å². The fourth-order valence-corrected chi connectivity index (χ4v) is 3.89. The molecule has 0 aliphatic carbocycles. The minimum Gasteiger partial charge on any atom is -0.469 e. The van der Waals surface area contributed by atoms with Crippen molar-refractivity contribution in [1.29, 1.82) is 0 Å². The van der Waals surface area contributed by atoms with Gasteiger partial charge in [-0.15, -0.1) is 0 Å². The molecule has 2 atom stereocenters. The van der Waals surface area contributed by atoms with E-state index in [2.05, 4.69) is 5.32 Å². The zero-order valence-corrected chi connectivity index (χ0v) is 14.4. The predicted octanol–water partition coefficient (Wildman–Crippen LogP) is 1.13. The van der Waals surface area contributed by atoms with Crippen LogP contribution in [0.4, 0.5) is 4.79 Å². The van der Waals surface area contributed by atoms with Gasteiger partial charge in [-0.1, -0.05) is 0 Å². The molecule has 8 heteroatoms. The molecular formula is C14H25NO6S. The van der Waals surface area contributed by atoms with E-state index in [4.69, 9.17) is 9.47 Å². The normalized spacial score (nSPS) is 24.9. The Morgan fingerprint density at radius 2 is 1.77 bits per heavy atom. The molecule has 0 aromatic heterocycles.